The number of carbonyl (C=O) groups is 1. The topological polar surface area (TPSA) is 102 Å². The lowest BCUT2D eigenvalue weighted by Crippen LogP contribution is -2.24. The van der Waals surface area contributed by atoms with Gasteiger partial charge in [0.25, 0.3) is 5.91 Å². The number of hydrogen-bond acceptors (Lipinski definition) is 6. The maximum Gasteiger partial charge on any atom is 0.451 e. The number of amides is 1. The maximum absolute atomic E-state index is 12.9. The SMILES string of the molecule is O=C(NCc1cc(S(=O)(=O)c2cccc(C(F)(F)F)c2)ccn1)c1cnc(C(F)(F)F)nc1. The summed E-state index contributed by atoms with van der Waals surface area (Å²) in [5, 5.41) is 2.31. The van der Waals surface area contributed by atoms with Crippen LogP contribution in [0.1, 0.15) is 27.4 Å². The predicted molar refractivity (Wildman–Crippen MR) is 99.3 cm³/mol. The fourth-order valence-electron chi connectivity index (χ4n) is 2.56. The van der Waals surface area contributed by atoms with Crippen molar-refractivity contribution in [1.29, 1.82) is 0 Å². The van der Waals surface area contributed by atoms with E-state index in [9.17, 15) is 39.6 Å². The van der Waals surface area contributed by atoms with Crippen LogP contribution in [-0.4, -0.2) is 29.3 Å². The number of halogens is 6. The molecule has 0 fully saturated rings. The van der Waals surface area contributed by atoms with Gasteiger partial charge in [-0.2, -0.15) is 26.3 Å². The van der Waals surface area contributed by atoms with Crippen molar-refractivity contribution < 1.29 is 39.6 Å². The first-order chi connectivity index (χ1) is 15.3. The lowest BCUT2D eigenvalue weighted by Gasteiger charge is -2.10. The molecule has 33 heavy (non-hydrogen) atoms. The second kappa shape index (κ2) is 8.77. The lowest BCUT2D eigenvalue weighted by atomic mass is 10.2. The van der Waals surface area contributed by atoms with Gasteiger partial charge in [0.1, 0.15) is 0 Å². The van der Waals surface area contributed by atoms with Crippen LogP contribution in [0.4, 0.5) is 26.3 Å². The van der Waals surface area contributed by atoms with Crippen molar-refractivity contribution in [3.8, 4) is 0 Å². The molecule has 0 aliphatic carbocycles. The third kappa shape index (κ3) is 5.63. The normalized spacial score (nSPS) is 12.4. The third-order valence-corrected chi connectivity index (χ3v) is 5.92. The molecule has 2 heterocycles. The van der Waals surface area contributed by atoms with Crippen LogP contribution in [-0.2, 0) is 28.7 Å². The molecule has 0 unspecified atom stereocenters. The molecule has 174 valence electrons. The Morgan fingerprint density at radius 1 is 0.879 bits per heavy atom. The number of pyridine rings is 1. The Hall–Kier alpha value is -3.55. The zero-order chi connectivity index (χ0) is 24.4. The zero-order valence-corrected chi connectivity index (χ0v) is 17.0. The molecule has 0 radical (unpaired) electrons. The molecule has 0 spiro atoms. The van der Waals surface area contributed by atoms with Crippen LogP contribution < -0.4 is 5.32 Å². The highest BCUT2D eigenvalue weighted by atomic mass is 32.2. The van der Waals surface area contributed by atoms with Crippen molar-refractivity contribution in [2.24, 2.45) is 0 Å². The average molecular weight is 490 g/mol. The van der Waals surface area contributed by atoms with Crippen LogP contribution in [0.15, 0.2) is 64.8 Å². The maximum atomic E-state index is 12.9. The van der Waals surface area contributed by atoms with Gasteiger partial charge in [-0.3, -0.25) is 9.78 Å². The minimum atomic E-state index is -4.77. The Labute approximate surface area is 182 Å². The van der Waals surface area contributed by atoms with Crippen LogP contribution in [0.25, 0.3) is 0 Å². The zero-order valence-electron chi connectivity index (χ0n) is 16.1. The fourth-order valence-corrected chi connectivity index (χ4v) is 3.90. The molecule has 1 aromatic carbocycles. The Balaban J connectivity index is 1.77. The minimum Gasteiger partial charge on any atom is -0.346 e. The van der Waals surface area contributed by atoms with Gasteiger partial charge in [-0.05, 0) is 30.3 Å². The summed E-state index contributed by atoms with van der Waals surface area (Å²) in [6, 6.07) is 5.34. The number of aromatic nitrogens is 3. The Bertz CT molecular complexity index is 1280. The van der Waals surface area contributed by atoms with E-state index < -0.39 is 44.4 Å². The van der Waals surface area contributed by atoms with Crippen molar-refractivity contribution in [3.05, 3.63) is 77.6 Å². The van der Waals surface area contributed by atoms with Gasteiger partial charge in [0.05, 0.1) is 33.2 Å². The molecule has 14 heteroatoms. The number of rotatable bonds is 5. The summed E-state index contributed by atoms with van der Waals surface area (Å²) in [5.74, 6) is -2.27. The highest BCUT2D eigenvalue weighted by Crippen LogP contribution is 2.32. The standard InChI is InChI=1S/C19H12F6N4O3S/c20-18(21,22)12-2-1-3-14(6-12)33(31,32)15-4-5-26-13(7-15)10-27-16(30)11-8-28-17(29-9-11)19(23,24)25/h1-9H,10H2,(H,27,30). The van der Waals surface area contributed by atoms with Gasteiger partial charge in [0.15, 0.2) is 0 Å². The Morgan fingerprint density at radius 3 is 2.12 bits per heavy atom. The van der Waals surface area contributed by atoms with Crippen molar-refractivity contribution in [3.63, 3.8) is 0 Å². The van der Waals surface area contributed by atoms with Crippen molar-refractivity contribution in [2.45, 2.75) is 28.7 Å². The van der Waals surface area contributed by atoms with Gasteiger partial charge in [-0.25, -0.2) is 18.4 Å². The van der Waals surface area contributed by atoms with Gasteiger partial charge < -0.3 is 5.32 Å². The van der Waals surface area contributed by atoms with Crippen LogP contribution in [0.5, 0.6) is 0 Å². The molecular formula is C19H12F6N4O3S. The van der Waals surface area contributed by atoms with Crippen LogP contribution in [0.3, 0.4) is 0 Å². The van der Waals surface area contributed by atoms with Crippen LogP contribution in [0, 0.1) is 0 Å². The molecule has 0 aliphatic heterocycles. The largest absolute Gasteiger partial charge is 0.451 e. The smallest absolute Gasteiger partial charge is 0.346 e. The molecule has 0 aliphatic rings. The van der Waals surface area contributed by atoms with E-state index in [0.717, 1.165) is 36.5 Å². The van der Waals surface area contributed by atoms with Gasteiger partial charge in [0.2, 0.25) is 15.7 Å². The molecular weight excluding hydrogens is 478 g/mol. The molecule has 1 amide bonds. The summed E-state index contributed by atoms with van der Waals surface area (Å²) in [6.07, 6.45) is -7.07. The first-order valence-electron chi connectivity index (χ1n) is 8.83. The van der Waals surface area contributed by atoms with E-state index in [0.29, 0.717) is 18.5 Å². The molecule has 7 nitrogen and oxygen atoms in total. The predicted octanol–water partition coefficient (Wildman–Crippen LogP) is 3.67. The van der Waals surface area contributed by atoms with Crippen molar-refractivity contribution in [2.75, 3.05) is 0 Å². The minimum absolute atomic E-state index is 0.0317. The number of carbonyl (C=O) groups excluding carboxylic acids is 1. The second-order valence-corrected chi connectivity index (χ2v) is 8.44. The molecule has 0 atom stereocenters. The van der Waals surface area contributed by atoms with Crippen LogP contribution >= 0.6 is 0 Å². The van der Waals surface area contributed by atoms with E-state index in [4.69, 9.17) is 0 Å². The van der Waals surface area contributed by atoms with E-state index in [2.05, 4.69) is 20.3 Å². The third-order valence-electron chi connectivity index (χ3n) is 4.17. The van der Waals surface area contributed by atoms with Gasteiger partial charge in [-0.15, -0.1) is 0 Å². The summed E-state index contributed by atoms with van der Waals surface area (Å²) in [7, 11) is -4.33. The first-order valence-corrected chi connectivity index (χ1v) is 10.3. The molecule has 0 saturated carbocycles. The molecule has 3 rings (SSSR count). The Kier molecular flexibility index (Phi) is 6.40. The van der Waals surface area contributed by atoms with E-state index in [-0.39, 0.29) is 22.7 Å². The van der Waals surface area contributed by atoms with Gasteiger partial charge >= 0.3 is 12.4 Å². The quantitative estimate of drug-likeness (QED) is 0.548. The number of sulfone groups is 1. The summed E-state index contributed by atoms with van der Waals surface area (Å²) >= 11 is 0. The summed E-state index contributed by atoms with van der Waals surface area (Å²) in [4.78, 5) is 21.1. The monoisotopic (exact) mass is 490 g/mol. The summed E-state index contributed by atoms with van der Waals surface area (Å²) < 4.78 is 102. The summed E-state index contributed by atoms with van der Waals surface area (Å²) in [6.45, 7) is -0.328. The fraction of sp³-hybridized carbons (Fsp3) is 0.158. The lowest BCUT2D eigenvalue weighted by molar-refractivity contribution is -0.145. The Morgan fingerprint density at radius 2 is 1.52 bits per heavy atom. The van der Waals surface area contributed by atoms with E-state index >= 15 is 0 Å². The number of alkyl halides is 6. The van der Waals surface area contributed by atoms with Crippen molar-refractivity contribution in [1.82, 2.24) is 20.3 Å². The first kappa shape index (κ1) is 24.1. The van der Waals surface area contributed by atoms with E-state index in [1.165, 1.54) is 0 Å². The molecule has 1 N–H and O–H groups in total. The van der Waals surface area contributed by atoms with Crippen molar-refractivity contribution >= 4 is 15.7 Å². The van der Waals surface area contributed by atoms with Gasteiger partial charge in [0, 0.05) is 18.6 Å². The van der Waals surface area contributed by atoms with E-state index in [1.807, 2.05) is 0 Å². The summed E-state index contributed by atoms with van der Waals surface area (Å²) in [5.41, 5.74) is -1.39. The van der Waals surface area contributed by atoms with Crippen LogP contribution in [0.2, 0.25) is 0 Å². The molecule has 2 aromatic heterocycles. The number of hydrogen-bond donors (Lipinski definition) is 1. The molecule has 3 aromatic rings. The number of nitrogens with zero attached hydrogens (tertiary/aromatic N) is 3. The van der Waals surface area contributed by atoms with Gasteiger partial charge in [-0.1, -0.05) is 6.07 Å². The highest BCUT2D eigenvalue weighted by molar-refractivity contribution is 7.91. The van der Waals surface area contributed by atoms with E-state index in [1.54, 1.807) is 0 Å². The average Bonchev–Trinajstić information content (AvgIpc) is 2.76. The number of nitrogens with one attached hydrogen (secondary N) is 1. The number of benzene rings is 1. The molecule has 0 bridgehead atoms. The molecule has 0 saturated heterocycles. The second-order valence-electron chi connectivity index (χ2n) is 6.49. The highest BCUT2D eigenvalue weighted by Gasteiger charge is 2.34.